The van der Waals surface area contributed by atoms with E-state index >= 15 is 0 Å². The predicted molar refractivity (Wildman–Crippen MR) is 87.3 cm³/mol. The SMILES string of the molecule is CCCCOC(=O)CCC(C)(OOCC(C)C)OOCC(C)C. The van der Waals surface area contributed by atoms with Crippen LogP contribution in [0.3, 0.4) is 0 Å². The summed E-state index contributed by atoms with van der Waals surface area (Å²) >= 11 is 0. The smallest absolute Gasteiger partial charge is 0.305 e. The molecule has 0 amide bonds. The molecule has 0 radical (unpaired) electrons. The Hall–Kier alpha value is -0.690. The fraction of sp³-hybridized carbons (Fsp3) is 0.941. The number of esters is 1. The van der Waals surface area contributed by atoms with Crippen molar-refractivity contribution < 1.29 is 29.1 Å². The van der Waals surface area contributed by atoms with Crippen molar-refractivity contribution in [2.75, 3.05) is 19.8 Å². The molecule has 0 unspecified atom stereocenters. The zero-order chi connectivity index (χ0) is 17.7. The molecule has 0 bridgehead atoms. The molecule has 0 saturated carbocycles. The van der Waals surface area contributed by atoms with E-state index < -0.39 is 5.79 Å². The number of carbonyl (C=O) groups is 1. The van der Waals surface area contributed by atoms with Crippen LogP contribution in [0.4, 0.5) is 0 Å². The Morgan fingerprint density at radius 2 is 1.52 bits per heavy atom. The van der Waals surface area contributed by atoms with E-state index in [0.29, 0.717) is 31.7 Å². The normalized spacial score (nSPS) is 12.2. The lowest BCUT2D eigenvalue weighted by Crippen LogP contribution is -2.34. The number of rotatable bonds is 14. The molecule has 0 aromatic carbocycles. The minimum atomic E-state index is -1.15. The first kappa shape index (κ1) is 22.3. The van der Waals surface area contributed by atoms with Gasteiger partial charge in [-0.25, -0.2) is 9.78 Å². The van der Waals surface area contributed by atoms with Gasteiger partial charge in [0.25, 0.3) is 0 Å². The van der Waals surface area contributed by atoms with Crippen LogP contribution in [0, 0.1) is 11.8 Å². The van der Waals surface area contributed by atoms with Crippen molar-refractivity contribution in [3.63, 3.8) is 0 Å². The topological polar surface area (TPSA) is 63.2 Å². The highest BCUT2D eigenvalue weighted by atomic mass is 17.3. The first-order valence-electron chi connectivity index (χ1n) is 8.56. The molecule has 6 nitrogen and oxygen atoms in total. The van der Waals surface area contributed by atoms with Crippen LogP contribution in [0.1, 0.15) is 67.2 Å². The van der Waals surface area contributed by atoms with Crippen LogP contribution < -0.4 is 0 Å². The number of hydrogen-bond acceptors (Lipinski definition) is 6. The van der Waals surface area contributed by atoms with Gasteiger partial charge < -0.3 is 4.74 Å². The first-order chi connectivity index (χ1) is 10.8. The maximum Gasteiger partial charge on any atom is 0.305 e. The van der Waals surface area contributed by atoms with Gasteiger partial charge in [-0.15, -0.1) is 0 Å². The van der Waals surface area contributed by atoms with Crippen molar-refractivity contribution in [3.8, 4) is 0 Å². The number of hydrogen-bond donors (Lipinski definition) is 0. The van der Waals surface area contributed by atoms with Crippen LogP contribution in [0.25, 0.3) is 0 Å². The van der Waals surface area contributed by atoms with Crippen molar-refractivity contribution in [1.82, 2.24) is 0 Å². The molecule has 0 saturated heterocycles. The average molecular weight is 334 g/mol. The summed E-state index contributed by atoms with van der Waals surface area (Å²) in [6.07, 6.45) is 2.32. The molecule has 0 aromatic heterocycles. The van der Waals surface area contributed by atoms with E-state index in [-0.39, 0.29) is 18.8 Å². The molecule has 0 aromatic rings. The molecule has 0 spiro atoms. The molecule has 0 aliphatic carbocycles. The number of carbonyl (C=O) groups excluding carboxylic acids is 1. The van der Waals surface area contributed by atoms with E-state index in [2.05, 4.69) is 0 Å². The quantitative estimate of drug-likeness (QED) is 0.157. The van der Waals surface area contributed by atoms with Gasteiger partial charge in [-0.05, 0) is 25.2 Å². The van der Waals surface area contributed by atoms with Crippen LogP contribution in [0.2, 0.25) is 0 Å². The van der Waals surface area contributed by atoms with Gasteiger partial charge in [0.05, 0.1) is 26.2 Å². The molecule has 0 rings (SSSR count). The van der Waals surface area contributed by atoms with Crippen LogP contribution >= 0.6 is 0 Å². The molecule has 0 heterocycles. The van der Waals surface area contributed by atoms with Crippen molar-refractivity contribution in [2.24, 2.45) is 11.8 Å². The summed E-state index contributed by atoms with van der Waals surface area (Å²) in [5.41, 5.74) is 0. The predicted octanol–water partition coefficient (Wildman–Crippen LogP) is 4.03. The summed E-state index contributed by atoms with van der Waals surface area (Å²) in [6.45, 7) is 13.1. The third-order valence-corrected chi connectivity index (χ3v) is 2.82. The average Bonchev–Trinajstić information content (AvgIpc) is 2.45. The van der Waals surface area contributed by atoms with Gasteiger partial charge in [0.1, 0.15) is 0 Å². The summed E-state index contributed by atoms with van der Waals surface area (Å²) in [4.78, 5) is 32.8. The summed E-state index contributed by atoms with van der Waals surface area (Å²) in [6, 6.07) is 0. The zero-order valence-corrected chi connectivity index (χ0v) is 15.6. The van der Waals surface area contributed by atoms with E-state index in [9.17, 15) is 4.79 Å². The second-order valence-electron chi connectivity index (χ2n) is 6.73. The molecule has 0 aliphatic heterocycles. The lowest BCUT2D eigenvalue weighted by atomic mass is 10.2. The highest BCUT2D eigenvalue weighted by Gasteiger charge is 2.31. The number of unbranched alkanes of at least 4 members (excludes halogenated alkanes) is 1. The van der Waals surface area contributed by atoms with Gasteiger partial charge in [-0.1, -0.05) is 41.0 Å². The molecule has 0 N–H and O–H groups in total. The van der Waals surface area contributed by atoms with Gasteiger partial charge in [0, 0.05) is 6.42 Å². The highest BCUT2D eigenvalue weighted by Crippen LogP contribution is 2.22. The Kier molecular flexibility index (Phi) is 12.3. The van der Waals surface area contributed by atoms with Crippen LogP contribution in [-0.4, -0.2) is 31.6 Å². The Balaban J connectivity index is 4.30. The molecule has 0 atom stereocenters. The zero-order valence-electron chi connectivity index (χ0n) is 15.6. The first-order valence-corrected chi connectivity index (χ1v) is 8.56. The lowest BCUT2D eigenvalue weighted by Gasteiger charge is -2.27. The van der Waals surface area contributed by atoms with Crippen LogP contribution in [-0.2, 0) is 29.1 Å². The van der Waals surface area contributed by atoms with E-state index in [0.717, 1.165) is 12.8 Å². The Bertz CT molecular complexity index is 289. The van der Waals surface area contributed by atoms with E-state index in [1.807, 2.05) is 34.6 Å². The fourth-order valence-corrected chi connectivity index (χ4v) is 1.42. The third-order valence-electron chi connectivity index (χ3n) is 2.82. The van der Waals surface area contributed by atoms with E-state index in [1.165, 1.54) is 0 Å². The van der Waals surface area contributed by atoms with Crippen LogP contribution in [0.5, 0.6) is 0 Å². The molecule has 0 fully saturated rings. The summed E-state index contributed by atoms with van der Waals surface area (Å²) in [5.74, 6) is -0.762. The van der Waals surface area contributed by atoms with Gasteiger partial charge in [-0.3, -0.25) is 4.79 Å². The molecular formula is C17H34O6. The third kappa shape index (κ3) is 13.4. The van der Waals surface area contributed by atoms with Gasteiger partial charge in [0.2, 0.25) is 5.79 Å². The summed E-state index contributed by atoms with van der Waals surface area (Å²) in [5, 5.41) is 0. The number of ether oxygens (including phenoxy) is 1. The minimum Gasteiger partial charge on any atom is -0.466 e. The fourth-order valence-electron chi connectivity index (χ4n) is 1.42. The van der Waals surface area contributed by atoms with Crippen molar-refractivity contribution in [1.29, 1.82) is 0 Å². The highest BCUT2D eigenvalue weighted by molar-refractivity contribution is 5.69. The monoisotopic (exact) mass is 334 g/mol. The molecule has 23 heavy (non-hydrogen) atoms. The minimum absolute atomic E-state index is 0.177. The molecule has 0 aliphatic rings. The summed E-state index contributed by atoms with van der Waals surface area (Å²) < 4.78 is 5.13. The Labute approximate surface area is 140 Å². The van der Waals surface area contributed by atoms with Crippen molar-refractivity contribution >= 4 is 5.97 Å². The maximum atomic E-state index is 11.7. The van der Waals surface area contributed by atoms with Gasteiger partial charge in [-0.2, -0.15) is 9.78 Å². The lowest BCUT2D eigenvalue weighted by molar-refractivity contribution is -0.509. The second kappa shape index (κ2) is 12.7. The Morgan fingerprint density at radius 3 is 1.96 bits per heavy atom. The summed E-state index contributed by atoms with van der Waals surface area (Å²) in [7, 11) is 0. The van der Waals surface area contributed by atoms with Gasteiger partial charge >= 0.3 is 5.97 Å². The molecule has 6 heteroatoms. The van der Waals surface area contributed by atoms with Crippen molar-refractivity contribution in [2.45, 2.75) is 73.0 Å². The van der Waals surface area contributed by atoms with Gasteiger partial charge in [0.15, 0.2) is 0 Å². The molecule has 138 valence electrons. The standard InChI is InChI=1S/C17H34O6/c1-7-8-11-19-16(18)9-10-17(6,22-20-12-14(2)3)23-21-13-15(4)5/h14-15H,7-13H2,1-6H3. The Morgan fingerprint density at radius 1 is 1.00 bits per heavy atom. The maximum absolute atomic E-state index is 11.7. The largest absolute Gasteiger partial charge is 0.466 e. The van der Waals surface area contributed by atoms with E-state index in [4.69, 9.17) is 24.3 Å². The van der Waals surface area contributed by atoms with E-state index in [1.54, 1.807) is 6.92 Å². The second-order valence-corrected chi connectivity index (χ2v) is 6.73. The van der Waals surface area contributed by atoms with Crippen LogP contribution in [0.15, 0.2) is 0 Å². The molecular weight excluding hydrogens is 300 g/mol. The van der Waals surface area contributed by atoms with Crippen molar-refractivity contribution in [3.05, 3.63) is 0 Å².